The molecular formula is C11H16ClN3O2S2. The fourth-order valence-corrected chi connectivity index (χ4v) is 1.02. The van der Waals surface area contributed by atoms with E-state index in [0.717, 1.165) is 0 Å². The lowest BCUT2D eigenvalue weighted by Gasteiger charge is -1.98. The summed E-state index contributed by atoms with van der Waals surface area (Å²) in [5.74, 6) is 0.136. The zero-order valence-corrected chi connectivity index (χ0v) is 13.0. The molecule has 5 nitrogen and oxygen atoms in total. The maximum Gasteiger partial charge on any atom is 0.303 e. The number of rotatable bonds is 1. The first-order valence-corrected chi connectivity index (χ1v) is 6.41. The number of primary amides is 1. The monoisotopic (exact) mass is 321 g/mol. The van der Waals surface area contributed by atoms with Crippen molar-refractivity contribution in [1.82, 2.24) is 0 Å². The van der Waals surface area contributed by atoms with E-state index in [2.05, 4.69) is 36.0 Å². The Morgan fingerprint density at radius 2 is 1.47 bits per heavy atom. The fourth-order valence-electron chi connectivity index (χ4n) is 0.788. The first-order valence-electron chi connectivity index (χ1n) is 5.14. The molecule has 0 saturated carbocycles. The first kappa shape index (κ1) is 20.1. The van der Waals surface area contributed by atoms with E-state index < -0.39 is 10.5 Å². The van der Waals surface area contributed by atoms with Gasteiger partial charge < -0.3 is 11.5 Å². The van der Waals surface area contributed by atoms with Crippen molar-refractivity contribution in [2.45, 2.75) is 13.8 Å². The van der Waals surface area contributed by atoms with Crippen LogP contribution in [0.3, 0.4) is 0 Å². The molecule has 0 aliphatic heterocycles. The van der Waals surface area contributed by atoms with Gasteiger partial charge >= 0.3 is 5.24 Å². The lowest BCUT2D eigenvalue weighted by molar-refractivity contribution is 0.267. The normalized spacial score (nSPS) is 9.42. The van der Waals surface area contributed by atoms with Crippen molar-refractivity contribution < 1.29 is 9.59 Å². The molecule has 0 radical (unpaired) electrons. The number of halogens is 1. The van der Waals surface area contributed by atoms with Crippen LogP contribution < -0.4 is 11.5 Å². The molecule has 0 aliphatic carbocycles. The zero-order valence-electron chi connectivity index (χ0n) is 10.5. The quantitative estimate of drug-likeness (QED) is 0.363. The number of aliphatic imine (C=N–C) groups is 1. The summed E-state index contributed by atoms with van der Waals surface area (Å²) >= 11 is 12.2. The molecule has 0 aliphatic rings. The molecule has 19 heavy (non-hydrogen) atoms. The van der Waals surface area contributed by atoms with Crippen LogP contribution >= 0.6 is 36.9 Å². The van der Waals surface area contributed by atoms with Crippen molar-refractivity contribution in [3.8, 4) is 0 Å². The van der Waals surface area contributed by atoms with Crippen LogP contribution in [0.5, 0.6) is 0 Å². The molecule has 0 fully saturated rings. The van der Waals surface area contributed by atoms with Gasteiger partial charge in [-0.15, -0.1) is 0 Å². The van der Waals surface area contributed by atoms with E-state index in [9.17, 15) is 4.79 Å². The molecule has 106 valence electrons. The zero-order chi connectivity index (χ0) is 15.4. The molecular weight excluding hydrogens is 306 g/mol. The van der Waals surface area contributed by atoms with Gasteiger partial charge in [0.25, 0.3) is 5.24 Å². The Bertz CT molecular complexity index is 432. The van der Waals surface area contributed by atoms with E-state index in [-0.39, 0.29) is 5.84 Å². The van der Waals surface area contributed by atoms with Crippen LogP contribution in [0, 0.1) is 0 Å². The second-order valence-electron chi connectivity index (χ2n) is 2.62. The predicted molar refractivity (Wildman–Crippen MR) is 86.5 cm³/mol. The van der Waals surface area contributed by atoms with Gasteiger partial charge in [0.05, 0.1) is 0 Å². The average Bonchev–Trinajstić information content (AvgIpc) is 2.30. The van der Waals surface area contributed by atoms with E-state index in [4.69, 9.17) is 22.1 Å². The molecule has 0 saturated heterocycles. The van der Waals surface area contributed by atoms with Crippen LogP contribution in [0.15, 0.2) is 29.3 Å². The van der Waals surface area contributed by atoms with Crippen LogP contribution in [0.4, 0.5) is 9.59 Å². The highest BCUT2D eigenvalue weighted by molar-refractivity contribution is 7.96. The van der Waals surface area contributed by atoms with Gasteiger partial charge in [-0.25, -0.2) is 0 Å². The van der Waals surface area contributed by atoms with Gasteiger partial charge in [0.2, 0.25) is 0 Å². The molecule has 8 heteroatoms. The van der Waals surface area contributed by atoms with E-state index in [1.165, 1.54) is 0 Å². The van der Waals surface area contributed by atoms with Crippen molar-refractivity contribution in [2.75, 3.05) is 0 Å². The molecule has 1 rings (SSSR count). The van der Waals surface area contributed by atoms with E-state index in [1.54, 1.807) is 24.3 Å². The number of amides is 2. The largest absolute Gasteiger partial charge is 0.383 e. The van der Waals surface area contributed by atoms with Crippen molar-refractivity contribution in [1.29, 1.82) is 0 Å². The van der Waals surface area contributed by atoms with Gasteiger partial charge in [-0.3, -0.25) is 9.59 Å². The van der Waals surface area contributed by atoms with Gasteiger partial charge in [-0.05, 0) is 24.3 Å². The Morgan fingerprint density at radius 1 is 1.11 bits per heavy atom. The molecule has 1 aromatic rings. The summed E-state index contributed by atoms with van der Waals surface area (Å²) < 4.78 is 0. The molecule has 0 atom stereocenters. The summed E-state index contributed by atoms with van der Waals surface area (Å²) in [6.45, 7) is 4.00. The summed E-state index contributed by atoms with van der Waals surface area (Å²) in [6, 6.07) is 6.69. The lowest BCUT2D eigenvalue weighted by atomic mass is 10.2. The lowest BCUT2D eigenvalue weighted by Crippen LogP contribution is -2.13. The summed E-state index contributed by atoms with van der Waals surface area (Å²) in [6.07, 6.45) is 0. The van der Waals surface area contributed by atoms with E-state index >= 15 is 0 Å². The maximum absolute atomic E-state index is 10.5. The number of amidine groups is 1. The summed E-state index contributed by atoms with van der Waals surface area (Å²) in [7, 11) is 0. The third-order valence-electron chi connectivity index (χ3n) is 1.36. The van der Waals surface area contributed by atoms with Crippen LogP contribution in [0.2, 0.25) is 5.02 Å². The number of nitrogens with zero attached hydrogens (tertiary/aromatic N) is 1. The molecule has 0 unspecified atom stereocenters. The highest BCUT2D eigenvalue weighted by Crippen LogP contribution is 2.09. The van der Waals surface area contributed by atoms with Gasteiger partial charge in [-0.2, -0.15) is 4.99 Å². The number of carbonyl (C=O) groups is 2. The maximum atomic E-state index is 10.5. The van der Waals surface area contributed by atoms with Crippen LogP contribution in [-0.4, -0.2) is 16.3 Å². The highest BCUT2D eigenvalue weighted by Gasteiger charge is 1.99. The number of hydrogen-bond donors (Lipinski definition) is 4. The van der Waals surface area contributed by atoms with Gasteiger partial charge in [0.15, 0.2) is 0 Å². The Hall–Kier alpha value is -1.18. The number of hydrogen-bond acceptors (Lipinski definition) is 2. The summed E-state index contributed by atoms with van der Waals surface area (Å²) in [4.78, 5) is 23.0. The molecule has 0 heterocycles. The smallest absolute Gasteiger partial charge is 0.303 e. The molecule has 0 spiro atoms. The fraction of sp³-hybridized carbons (Fsp3) is 0.182. The SMILES string of the molecule is CC.NC(=NC(=O)S)c1ccc(Cl)cc1.NC(=O)S. The minimum absolute atomic E-state index is 0.136. The van der Waals surface area contributed by atoms with Crippen LogP contribution in [-0.2, 0) is 0 Å². The third kappa shape index (κ3) is 13.1. The number of carbonyl (C=O) groups excluding carboxylic acids is 2. The Morgan fingerprint density at radius 3 is 1.79 bits per heavy atom. The second-order valence-corrected chi connectivity index (χ2v) is 3.88. The first-order chi connectivity index (χ1) is 8.82. The minimum Gasteiger partial charge on any atom is -0.383 e. The van der Waals surface area contributed by atoms with Crippen LogP contribution in [0.1, 0.15) is 19.4 Å². The Kier molecular flexibility index (Phi) is 12.6. The predicted octanol–water partition coefficient (Wildman–Crippen LogP) is 3.12. The van der Waals surface area contributed by atoms with Gasteiger partial charge in [-0.1, -0.05) is 50.7 Å². The summed E-state index contributed by atoms with van der Waals surface area (Å²) in [5, 5.41) is -0.652. The van der Waals surface area contributed by atoms with Crippen LogP contribution in [0.25, 0.3) is 0 Å². The minimum atomic E-state index is -0.639. The molecule has 2 amide bonds. The number of benzene rings is 1. The molecule has 4 N–H and O–H groups in total. The van der Waals surface area contributed by atoms with Crippen molar-refractivity contribution in [3.05, 3.63) is 34.9 Å². The average molecular weight is 322 g/mol. The highest BCUT2D eigenvalue weighted by atomic mass is 35.5. The second kappa shape index (κ2) is 11.9. The van der Waals surface area contributed by atoms with Gasteiger partial charge in [0.1, 0.15) is 5.84 Å². The number of thiol groups is 2. The Balaban J connectivity index is 0. The van der Waals surface area contributed by atoms with E-state index in [0.29, 0.717) is 10.6 Å². The van der Waals surface area contributed by atoms with Crippen molar-refractivity contribution in [3.63, 3.8) is 0 Å². The van der Waals surface area contributed by atoms with Crippen molar-refractivity contribution in [2.24, 2.45) is 16.5 Å². The Labute approximate surface area is 128 Å². The van der Waals surface area contributed by atoms with E-state index in [1.807, 2.05) is 13.8 Å². The van der Waals surface area contributed by atoms with Crippen molar-refractivity contribution >= 4 is 53.2 Å². The standard InChI is InChI=1S/C8H7ClN2OS.C2H6.CH3NOS/c9-6-3-1-5(2-4-6)7(10)11-8(12)13;1-2;2-1(3)4/h1-4H,(H3,10,11,12,13);1-2H3;(H3,2,3,4). The molecule has 1 aromatic carbocycles. The number of nitrogens with two attached hydrogens (primary N) is 2. The van der Waals surface area contributed by atoms with Gasteiger partial charge in [0, 0.05) is 10.6 Å². The summed E-state index contributed by atoms with van der Waals surface area (Å²) in [5.41, 5.74) is 10.5. The topological polar surface area (TPSA) is 98.5 Å². The molecule has 0 aromatic heterocycles. The third-order valence-corrected chi connectivity index (χ3v) is 1.71. The molecule has 0 bridgehead atoms.